The number of anilines is 7. The lowest BCUT2D eigenvalue weighted by atomic mass is 10.1. The number of nitrogens with two attached hydrogens (primary N) is 4. The van der Waals surface area contributed by atoms with Crippen LogP contribution in [0.15, 0.2) is 84.9 Å². The van der Waals surface area contributed by atoms with E-state index in [4.69, 9.17) is 22.9 Å². The molecule has 0 aromatic heterocycles. The Hall–Kier alpha value is -5.51. The highest BCUT2D eigenvalue weighted by Crippen LogP contribution is 2.24. The topological polar surface area (TPSA) is 191 Å². The molecule has 0 aliphatic carbocycles. The molecule has 0 aliphatic rings. The molecular weight excluding hydrogens is 470 g/mol. The predicted molar refractivity (Wildman–Crippen MR) is 147 cm³/mol. The van der Waals surface area contributed by atoms with E-state index in [0.29, 0.717) is 28.4 Å². The first-order chi connectivity index (χ1) is 17.7. The molecule has 11 N–H and O–H groups in total. The Morgan fingerprint density at radius 2 is 0.784 bits per heavy atom. The van der Waals surface area contributed by atoms with Gasteiger partial charge in [-0.1, -0.05) is 18.2 Å². The third-order valence-electron chi connectivity index (χ3n) is 5.22. The van der Waals surface area contributed by atoms with Crippen LogP contribution in [0.3, 0.4) is 0 Å². The van der Waals surface area contributed by atoms with Crippen molar-refractivity contribution in [3.63, 3.8) is 0 Å². The first-order valence-corrected chi connectivity index (χ1v) is 11.1. The van der Waals surface area contributed by atoms with E-state index in [9.17, 15) is 14.4 Å². The molecule has 4 aromatic carbocycles. The summed E-state index contributed by atoms with van der Waals surface area (Å²) in [6.45, 7) is 0. The van der Waals surface area contributed by atoms with E-state index in [-0.39, 0.29) is 28.1 Å². The van der Waals surface area contributed by atoms with Crippen molar-refractivity contribution in [1.82, 2.24) is 0 Å². The monoisotopic (exact) mass is 495 g/mol. The molecule has 186 valence electrons. The zero-order valence-corrected chi connectivity index (χ0v) is 19.6. The molecule has 0 saturated heterocycles. The van der Waals surface area contributed by atoms with Gasteiger partial charge < -0.3 is 38.9 Å². The molecule has 4 aromatic rings. The maximum Gasteiger partial charge on any atom is 0.255 e. The van der Waals surface area contributed by atoms with E-state index < -0.39 is 17.7 Å². The number of hydrogen-bond donors (Lipinski definition) is 7. The van der Waals surface area contributed by atoms with Crippen LogP contribution in [-0.2, 0) is 0 Å². The van der Waals surface area contributed by atoms with Crippen LogP contribution in [0.2, 0.25) is 0 Å². The van der Waals surface area contributed by atoms with E-state index in [0.717, 1.165) is 0 Å². The van der Waals surface area contributed by atoms with Crippen molar-refractivity contribution < 1.29 is 14.4 Å². The Morgan fingerprint density at radius 3 is 1.19 bits per heavy atom. The van der Waals surface area contributed by atoms with E-state index in [2.05, 4.69) is 16.0 Å². The maximum absolute atomic E-state index is 13.0. The summed E-state index contributed by atoms with van der Waals surface area (Å²) >= 11 is 0. The van der Waals surface area contributed by atoms with Crippen molar-refractivity contribution in [2.24, 2.45) is 0 Å². The summed E-state index contributed by atoms with van der Waals surface area (Å²) in [5, 5.41) is 8.23. The summed E-state index contributed by atoms with van der Waals surface area (Å²) in [5.41, 5.74) is 26.3. The van der Waals surface area contributed by atoms with Gasteiger partial charge in [0.05, 0.1) is 0 Å². The molecule has 0 bridgehead atoms. The SMILES string of the molecule is Nc1cc(N)cc(C(=O)Nc2cc(NC(=O)c3cc(N)cc(N)c3)cc(C(=O)Nc3ccccc3)c2)c1. The lowest BCUT2D eigenvalue weighted by molar-refractivity contribution is 0.101. The van der Waals surface area contributed by atoms with Crippen LogP contribution in [0.5, 0.6) is 0 Å². The first-order valence-electron chi connectivity index (χ1n) is 11.1. The summed E-state index contributed by atoms with van der Waals surface area (Å²) in [5.74, 6) is -1.44. The van der Waals surface area contributed by atoms with E-state index in [1.165, 1.54) is 54.6 Å². The van der Waals surface area contributed by atoms with Crippen molar-refractivity contribution in [3.05, 3.63) is 102 Å². The van der Waals surface area contributed by atoms with Crippen LogP contribution in [0, 0.1) is 0 Å². The van der Waals surface area contributed by atoms with Gasteiger partial charge in [0.25, 0.3) is 17.7 Å². The number of benzene rings is 4. The van der Waals surface area contributed by atoms with Crippen molar-refractivity contribution in [1.29, 1.82) is 0 Å². The number of carbonyl (C=O) groups excluding carboxylic acids is 3. The van der Waals surface area contributed by atoms with Gasteiger partial charge in [-0.3, -0.25) is 14.4 Å². The number of nitrogen functional groups attached to an aromatic ring is 4. The van der Waals surface area contributed by atoms with Crippen LogP contribution >= 0.6 is 0 Å². The molecule has 0 aliphatic heterocycles. The van der Waals surface area contributed by atoms with Crippen LogP contribution in [0.25, 0.3) is 0 Å². The first kappa shape index (κ1) is 24.6. The standard InChI is InChI=1S/C27H25N7O3/c28-18-6-15(7-19(29)12-18)25(35)33-23-10-17(27(37)32-22-4-2-1-3-5-22)11-24(14-23)34-26(36)16-8-20(30)13-21(31)9-16/h1-14H,28-31H2,(H,32,37)(H,33,35)(H,34,36). The smallest absolute Gasteiger partial charge is 0.255 e. The van der Waals surface area contributed by atoms with E-state index >= 15 is 0 Å². The minimum absolute atomic E-state index is 0.191. The van der Waals surface area contributed by atoms with Gasteiger partial charge in [0.1, 0.15) is 0 Å². The average Bonchev–Trinajstić information content (AvgIpc) is 2.83. The van der Waals surface area contributed by atoms with Gasteiger partial charge in [0.2, 0.25) is 0 Å². The second kappa shape index (κ2) is 10.4. The lowest BCUT2D eigenvalue weighted by Crippen LogP contribution is -2.17. The number of amides is 3. The fourth-order valence-electron chi connectivity index (χ4n) is 3.65. The average molecular weight is 496 g/mol. The normalized spacial score (nSPS) is 10.4. The van der Waals surface area contributed by atoms with Crippen LogP contribution in [-0.4, -0.2) is 17.7 Å². The molecule has 10 nitrogen and oxygen atoms in total. The highest BCUT2D eigenvalue weighted by Gasteiger charge is 2.15. The number of rotatable bonds is 6. The zero-order chi connectivity index (χ0) is 26.5. The van der Waals surface area contributed by atoms with Crippen molar-refractivity contribution in [2.45, 2.75) is 0 Å². The fraction of sp³-hybridized carbons (Fsp3) is 0. The lowest BCUT2D eigenvalue weighted by Gasteiger charge is -2.13. The molecule has 4 rings (SSSR count). The molecule has 0 unspecified atom stereocenters. The molecule has 3 amide bonds. The van der Waals surface area contributed by atoms with Crippen LogP contribution in [0.1, 0.15) is 31.1 Å². The van der Waals surface area contributed by atoms with Gasteiger partial charge in [-0.05, 0) is 66.7 Å². The van der Waals surface area contributed by atoms with E-state index in [1.54, 1.807) is 24.3 Å². The van der Waals surface area contributed by atoms with Gasteiger partial charge >= 0.3 is 0 Å². The summed E-state index contributed by atoms with van der Waals surface area (Å²) in [7, 11) is 0. The second-order valence-electron chi connectivity index (χ2n) is 8.30. The summed E-state index contributed by atoms with van der Waals surface area (Å²) in [6, 6.07) is 22.3. The minimum Gasteiger partial charge on any atom is -0.399 e. The Balaban J connectivity index is 1.66. The highest BCUT2D eigenvalue weighted by atomic mass is 16.2. The van der Waals surface area contributed by atoms with E-state index in [1.807, 2.05) is 6.07 Å². The molecule has 10 heteroatoms. The summed E-state index contributed by atoms with van der Waals surface area (Å²) in [6.07, 6.45) is 0. The van der Waals surface area contributed by atoms with Gasteiger partial charge in [-0.2, -0.15) is 0 Å². The predicted octanol–water partition coefficient (Wildman–Crippen LogP) is 3.77. The fourth-order valence-corrected chi connectivity index (χ4v) is 3.65. The van der Waals surface area contributed by atoms with Crippen molar-refractivity contribution >= 4 is 57.5 Å². The van der Waals surface area contributed by atoms with Crippen molar-refractivity contribution in [2.75, 3.05) is 38.9 Å². The maximum atomic E-state index is 13.0. The number of nitrogens with one attached hydrogen (secondary N) is 3. The number of para-hydroxylation sites is 1. The largest absolute Gasteiger partial charge is 0.399 e. The van der Waals surface area contributed by atoms with Gasteiger partial charge in [0.15, 0.2) is 0 Å². The third kappa shape index (κ3) is 6.34. The second-order valence-corrected chi connectivity index (χ2v) is 8.30. The molecule has 37 heavy (non-hydrogen) atoms. The highest BCUT2D eigenvalue weighted by molar-refractivity contribution is 6.10. The number of carbonyl (C=O) groups is 3. The van der Waals surface area contributed by atoms with Gasteiger partial charge in [-0.25, -0.2) is 0 Å². The minimum atomic E-state index is -0.500. The molecular formula is C27H25N7O3. The molecule has 0 saturated carbocycles. The van der Waals surface area contributed by atoms with Gasteiger partial charge in [0, 0.05) is 56.5 Å². The molecule has 0 spiro atoms. The molecule has 0 fully saturated rings. The zero-order valence-electron chi connectivity index (χ0n) is 19.6. The van der Waals surface area contributed by atoms with Crippen LogP contribution in [0.4, 0.5) is 39.8 Å². The Morgan fingerprint density at radius 1 is 0.432 bits per heavy atom. The summed E-state index contributed by atoms with van der Waals surface area (Å²) in [4.78, 5) is 38.8. The van der Waals surface area contributed by atoms with Gasteiger partial charge in [-0.15, -0.1) is 0 Å². The quantitative estimate of drug-likeness (QED) is 0.198. The molecule has 0 atom stereocenters. The van der Waals surface area contributed by atoms with Crippen molar-refractivity contribution in [3.8, 4) is 0 Å². The number of hydrogen-bond acceptors (Lipinski definition) is 7. The van der Waals surface area contributed by atoms with Crippen LogP contribution < -0.4 is 38.9 Å². The summed E-state index contributed by atoms with van der Waals surface area (Å²) < 4.78 is 0. The molecule has 0 heterocycles. The Labute approximate surface area is 212 Å². The Bertz CT molecular complexity index is 1380. The third-order valence-corrected chi connectivity index (χ3v) is 5.22. The molecule has 0 radical (unpaired) electrons. The Kier molecular flexibility index (Phi) is 6.92.